The quantitative estimate of drug-likeness (QED) is 0.0135. The molecule has 1 heterocycles. The summed E-state index contributed by atoms with van der Waals surface area (Å²) in [6, 6.07) is 7.27. The van der Waals surface area contributed by atoms with Crippen LogP contribution in [-0.4, -0.2) is 219 Å². The summed E-state index contributed by atoms with van der Waals surface area (Å²) in [7, 11) is 3.69. The molecule has 0 unspecified atom stereocenters. The second kappa shape index (κ2) is 40.4. The Morgan fingerprint density at radius 2 is 1.38 bits per heavy atom. The van der Waals surface area contributed by atoms with Crippen molar-refractivity contribution in [1.82, 2.24) is 40.6 Å². The molecule has 2 amide bonds. The number of amides is 2. The van der Waals surface area contributed by atoms with Crippen molar-refractivity contribution in [3.05, 3.63) is 35.4 Å². The van der Waals surface area contributed by atoms with Gasteiger partial charge in [-0.15, -0.1) is 10.2 Å². The maximum Gasteiger partial charge on any atom is 0.317 e. The van der Waals surface area contributed by atoms with Gasteiger partial charge in [-0.2, -0.15) is 5.06 Å². The molecule has 0 atom stereocenters. The number of hydroxylamine groups is 2. The number of nitrogens with one attached hydrogen (secondary N) is 4. The molecule has 13 N–H and O–H groups in total. The fourth-order valence-electron chi connectivity index (χ4n) is 5.81. The number of hydrogen-bond acceptors (Lipinski definition) is 17. The smallest absolute Gasteiger partial charge is 0.317 e. The lowest BCUT2D eigenvalue weighted by Gasteiger charge is -2.33. The van der Waals surface area contributed by atoms with E-state index in [1.165, 1.54) is 6.92 Å². The van der Waals surface area contributed by atoms with E-state index in [1.54, 1.807) is 24.2 Å². The van der Waals surface area contributed by atoms with Gasteiger partial charge in [0.15, 0.2) is 5.84 Å². The van der Waals surface area contributed by atoms with Crippen LogP contribution in [-0.2, 0) is 44.9 Å². The predicted octanol–water partition coefficient (Wildman–Crippen LogP) is -1.34. The summed E-state index contributed by atoms with van der Waals surface area (Å²) in [5.74, 6) is -1.63. The van der Waals surface area contributed by atoms with Crippen LogP contribution in [0.3, 0.4) is 0 Å². The number of amidine groups is 2. The van der Waals surface area contributed by atoms with E-state index in [0.29, 0.717) is 91.3 Å². The zero-order valence-electron chi connectivity index (χ0n) is 40.9. The molecule has 0 bridgehead atoms. The number of carboxylic acid groups (broad SMARTS) is 3. The minimum Gasteiger partial charge on any atom is -0.483 e. The maximum atomic E-state index is 12.7. The molecule has 1 aromatic carbocycles. The first-order valence-corrected chi connectivity index (χ1v) is 22.2. The molecule has 68 heavy (non-hydrogen) atoms. The summed E-state index contributed by atoms with van der Waals surface area (Å²) in [5, 5.41) is 49.4. The molecule has 0 aromatic heterocycles. The van der Waals surface area contributed by atoms with Crippen LogP contribution >= 0.6 is 0 Å². The molecule has 1 aliphatic rings. The summed E-state index contributed by atoms with van der Waals surface area (Å²) < 4.78 is 5.87. The van der Waals surface area contributed by atoms with Gasteiger partial charge in [0.05, 0.1) is 37.7 Å². The van der Waals surface area contributed by atoms with Crippen LogP contribution in [0.4, 0.5) is 0 Å². The third-order valence-corrected chi connectivity index (χ3v) is 9.59. The molecule has 25 nitrogen and oxygen atoms in total. The van der Waals surface area contributed by atoms with Crippen LogP contribution in [0.25, 0.3) is 0 Å². The Balaban J connectivity index is 0. The Morgan fingerprint density at radius 1 is 0.882 bits per heavy atom. The number of carbonyl (C=O) groups excluding carboxylic acids is 3. The number of carboxylic acids is 2. The topological polar surface area (TPSA) is 360 Å². The van der Waals surface area contributed by atoms with Crippen molar-refractivity contribution in [2.24, 2.45) is 27.4 Å². The highest BCUT2D eigenvalue weighted by molar-refractivity contribution is 5.97. The first-order valence-electron chi connectivity index (χ1n) is 22.2. The predicted molar refractivity (Wildman–Crippen MR) is 260 cm³/mol. The van der Waals surface area contributed by atoms with E-state index >= 15 is 0 Å². The number of ether oxygens (including phenoxy) is 1. The highest BCUT2D eigenvalue weighted by atomic mass is 16.7. The lowest BCUT2D eigenvalue weighted by Crippen LogP contribution is -2.49. The monoisotopic (exact) mass is 969 g/mol. The van der Waals surface area contributed by atoms with Crippen LogP contribution in [0.1, 0.15) is 64.5 Å². The molecule has 0 spiro atoms. The summed E-state index contributed by atoms with van der Waals surface area (Å²) in [6.45, 7) is 15.1. The number of carbonyl (C=O) groups is 6. The highest BCUT2D eigenvalue weighted by Crippen LogP contribution is 2.14. The lowest BCUT2D eigenvalue weighted by molar-refractivity contribution is -0.161. The lowest BCUT2D eigenvalue weighted by atomic mass is 10.1. The summed E-state index contributed by atoms with van der Waals surface area (Å²) in [5.41, 5.74) is 16.8. The van der Waals surface area contributed by atoms with Crippen LogP contribution in [0.5, 0.6) is 0 Å². The summed E-state index contributed by atoms with van der Waals surface area (Å²) in [4.78, 5) is 79.1. The molecule has 1 aromatic rings. The summed E-state index contributed by atoms with van der Waals surface area (Å²) >= 11 is 0. The number of benzene rings is 1. The van der Waals surface area contributed by atoms with Gasteiger partial charge in [0, 0.05) is 97.4 Å². The van der Waals surface area contributed by atoms with Gasteiger partial charge >= 0.3 is 11.9 Å². The molecule has 1 aliphatic heterocycles. The van der Waals surface area contributed by atoms with Gasteiger partial charge in [-0.05, 0) is 52.8 Å². The molecule has 1 saturated heterocycles. The molecular weight excluding hydrogens is 889 g/mol. The zero-order valence-corrected chi connectivity index (χ0v) is 40.9. The number of rotatable bonds is 25. The van der Waals surface area contributed by atoms with Gasteiger partial charge in [0.25, 0.3) is 6.47 Å². The van der Waals surface area contributed by atoms with Gasteiger partial charge in [0.1, 0.15) is 19.4 Å². The molecule has 2 rings (SSSR count). The second-order valence-corrected chi connectivity index (χ2v) is 15.8. The van der Waals surface area contributed by atoms with Crippen LogP contribution in [0, 0.1) is 5.41 Å². The maximum absolute atomic E-state index is 12.7. The van der Waals surface area contributed by atoms with Crippen LogP contribution in [0.15, 0.2) is 34.5 Å². The SMILES string of the molecule is CC(=N)N.CCN1CCN(CC(=O)O)CCN(CC(=O)NCON(C)CCC(C)(C)OCCNC)CCN(CC(=O)O)CC1.N/C=N\N=C(/N)c1ccc(CNC(=O)CCCC=O)cc1.O=CO. The second-order valence-electron chi connectivity index (χ2n) is 15.8. The largest absolute Gasteiger partial charge is 0.483 e. The van der Waals surface area contributed by atoms with E-state index in [9.17, 15) is 34.2 Å². The van der Waals surface area contributed by atoms with Crippen molar-refractivity contribution in [1.29, 1.82) is 5.41 Å². The molecule has 0 saturated carbocycles. The number of likely N-dealkylation sites (N-methyl/N-ethyl adjacent to an activating group) is 2. The van der Waals surface area contributed by atoms with Gasteiger partial charge in [-0.1, -0.05) is 31.2 Å². The Hall–Kier alpha value is -5.67. The number of hydrogen-bond donors (Lipinski definition) is 10. The van der Waals surface area contributed by atoms with Gasteiger partial charge in [0.2, 0.25) is 11.8 Å². The highest BCUT2D eigenvalue weighted by Gasteiger charge is 2.21. The van der Waals surface area contributed by atoms with E-state index in [-0.39, 0.29) is 61.9 Å². The average molecular weight is 969 g/mol. The van der Waals surface area contributed by atoms with Gasteiger partial charge in [-0.25, -0.2) is 0 Å². The number of nitrogens with zero attached hydrogens (tertiary/aromatic N) is 7. The van der Waals surface area contributed by atoms with Crippen LogP contribution < -0.4 is 33.2 Å². The standard InChI is InChI=1S/C26H53N7O7.C14H19N5O2.C2H6N2.CH2O2/c1-6-30-10-12-32(20-24(35)36)16-14-31(15-17-33(13-11-30)21-25(37)38)19-23(34)28-22-40-29(5)9-7-26(2,3)39-18-8-27-4;15-10-18-19-14(16)12-6-4-11(5-7-12)9-17-13(21)3-1-2-8-20;1-2(3)4;2-1-3/h27H,6-22H2,1-5H3,(H,28,34)(H,35,36)(H,37,38);4-8,10H,1-3,9H2,(H2,15,18)(H2,16,19)(H,17,21);1H3,(H3,3,4);1H,(H,2,3). The Bertz CT molecular complexity index is 1600. The van der Waals surface area contributed by atoms with Crippen molar-refractivity contribution in [2.75, 3.05) is 119 Å². The first kappa shape index (κ1) is 64.4. The van der Waals surface area contributed by atoms with E-state index in [4.69, 9.17) is 42.1 Å². The third-order valence-electron chi connectivity index (χ3n) is 9.59. The number of aldehydes is 1. The number of aliphatic carboxylic acids is 2. The minimum atomic E-state index is -0.888. The van der Waals surface area contributed by atoms with E-state index in [0.717, 1.165) is 43.3 Å². The fraction of sp³-hybridized carbons (Fsp3) is 0.651. The molecule has 0 radical (unpaired) electrons. The number of nitrogens with two attached hydrogens (primary N) is 3. The van der Waals surface area contributed by atoms with Crippen molar-refractivity contribution in [3.63, 3.8) is 0 Å². The van der Waals surface area contributed by atoms with Crippen molar-refractivity contribution >= 4 is 54.5 Å². The van der Waals surface area contributed by atoms with Crippen molar-refractivity contribution < 1.29 is 53.7 Å². The molecule has 388 valence electrons. The van der Waals surface area contributed by atoms with Gasteiger partial charge in [-0.3, -0.25) is 48.9 Å². The third kappa shape index (κ3) is 38.4. The Labute approximate surface area is 400 Å². The van der Waals surface area contributed by atoms with Gasteiger partial charge < -0.3 is 62.9 Å². The molecule has 0 aliphatic carbocycles. The summed E-state index contributed by atoms with van der Waals surface area (Å²) in [6.07, 6.45) is 3.96. The average Bonchev–Trinajstić information content (AvgIpc) is 3.27. The first-order chi connectivity index (χ1) is 32.2. The van der Waals surface area contributed by atoms with E-state index < -0.39 is 11.9 Å². The minimum absolute atomic E-state index is 0.0212. The van der Waals surface area contributed by atoms with Crippen LogP contribution in [0.2, 0.25) is 0 Å². The zero-order chi connectivity index (χ0) is 51.8. The molecule has 1 fully saturated rings. The Morgan fingerprint density at radius 3 is 1.84 bits per heavy atom. The molecular formula is C43H80N14O11. The van der Waals surface area contributed by atoms with Crippen molar-refractivity contribution in [3.8, 4) is 0 Å². The number of unbranched alkanes of at least 4 members (excludes halogenated alkanes) is 1. The van der Waals surface area contributed by atoms with E-state index in [1.807, 2.05) is 54.7 Å². The normalized spacial score (nSPS) is 14.6. The van der Waals surface area contributed by atoms with E-state index in [2.05, 4.69) is 31.1 Å². The van der Waals surface area contributed by atoms with Crippen molar-refractivity contribution in [2.45, 2.75) is 65.5 Å². The fourth-order valence-corrected chi connectivity index (χ4v) is 5.81. The molecule has 25 heteroatoms. The Kier molecular flexibility index (Phi) is 38.3.